The Bertz CT molecular complexity index is 717. The van der Waals surface area contributed by atoms with Crippen LogP contribution >= 0.6 is 11.6 Å². The molecule has 1 N–H and O–H groups in total. The first-order chi connectivity index (χ1) is 8.63. The molecule has 0 radical (unpaired) electrons. The summed E-state index contributed by atoms with van der Waals surface area (Å²) in [6, 6.07) is 8.54. The molecule has 3 rings (SSSR count). The summed E-state index contributed by atoms with van der Waals surface area (Å²) in [5.74, 6) is -0.899. The number of H-pyrrole nitrogens is 1. The quantitative estimate of drug-likeness (QED) is 0.702. The minimum Gasteiger partial charge on any atom is -0.338 e. The highest BCUT2D eigenvalue weighted by Gasteiger charge is 2.09. The van der Waals surface area contributed by atoms with Crippen LogP contribution in [0.5, 0.6) is 0 Å². The van der Waals surface area contributed by atoms with Crippen LogP contribution in [-0.4, -0.2) is 9.97 Å². The van der Waals surface area contributed by atoms with Crippen molar-refractivity contribution in [1.29, 1.82) is 0 Å². The smallest absolute Gasteiger partial charge is 0.138 e. The van der Waals surface area contributed by atoms with Gasteiger partial charge in [-0.2, -0.15) is 0 Å². The SMILES string of the molecule is Fc1cc(F)cc(-c2nc3c(Cl)cccc3[nH]2)c1. The molecule has 0 saturated heterocycles. The fourth-order valence-corrected chi connectivity index (χ4v) is 2.04. The first-order valence-corrected chi connectivity index (χ1v) is 5.62. The number of aromatic nitrogens is 2. The van der Waals surface area contributed by atoms with E-state index in [4.69, 9.17) is 11.6 Å². The molecule has 0 spiro atoms. The fourth-order valence-electron chi connectivity index (χ4n) is 1.82. The van der Waals surface area contributed by atoms with Crippen LogP contribution in [0.2, 0.25) is 5.02 Å². The van der Waals surface area contributed by atoms with Crippen LogP contribution in [0, 0.1) is 11.6 Å². The third-order valence-electron chi connectivity index (χ3n) is 2.60. The van der Waals surface area contributed by atoms with Crippen LogP contribution in [0.25, 0.3) is 22.4 Å². The Kier molecular flexibility index (Phi) is 2.52. The average molecular weight is 265 g/mol. The number of fused-ring (bicyclic) bond motifs is 1. The summed E-state index contributed by atoms with van der Waals surface area (Å²) in [7, 11) is 0. The zero-order valence-corrected chi connectivity index (χ0v) is 9.80. The number of nitrogens with zero attached hydrogens (tertiary/aromatic N) is 1. The first kappa shape index (κ1) is 11.2. The van der Waals surface area contributed by atoms with Gasteiger partial charge in [0.05, 0.1) is 10.5 Å². The van der Waals surface area contributed by atoms with Crippen LogP contribution in [0.15, 0.2) is 36.4 Å². The molecule has 0 aliphatic carbocycles. The Morgan fingerprint density at radius 2 is 1.78 bits per heavy atom. The van der Waals surface area contributed by atoms with Gasteiger partial charge in [0.15, 0.2) is 0 Å². The second kappa shape index (κ2) is 4.07. The van der Waals surface area contributed by atoms with Gasteiger partial charge in [0, 0.05) is 11.6 Å². The molecule has 18 heavy (non-hydrogen) atoms. The van der Waals surface area contributed by atoms with Gasteiger partial charge in [0.25, 0.3) is 0 Å². The summed E-state index contributed by atoms with van der Waals surface area (Å²) in [6.45, 7) is 0. The van der Waals surface area contributed by atoms with E-state index in [-0.39, 0.29) is 0 Å². The summed E-state index contributed by atoms with van der Waals surface area (Å²) in [5, 5.41) is 0.492. The van der Waals surface area contributed by atoms with Crippen molar-refractivity contribution in [2.75, 3.05) is 0 Å². The van der Waals surface area contributed by atoms with Crippen LogP contribution in [-0.2, 0) is 0 Å². The summed E-state index contributed by atoms with van der Waals surface area (Å²) >= 11 is 5.99. The van der Waals surface area contributed by atoms with Crippen molar-refractivity contribution in [3.63, 3.8) is 0 Å². The lowest BCUT2D eigenvalue weighted by molar-refractivity contribution is 0.584. The van der Waals surface area contributed by atoms with E-state index >= 15 is 0 Å². The van der Waals surface area contributed by atoms with Gasteiger partial charge in [-0.15, -0.1) is 0 Å². The summed E-state index contributed by atoms with van der Waals surface area (Å²) in [4.78, 5) is 7.22. The minimum absolute atomic E-state index is 0.347. The number of rotatable bonds is 1. The molecule has 0 unspecified atom stereocenters. The van der Waals surface area contributed by atoms with Gasteiger partial charge in [-0.1, -0.05) is 17.7 Å². The van der Waals surface area contributed by atoms with Gasteiger partial charge < -0.3 is 4.98 Å². The van der Waals surface area contributed by atoms with Crippen molar-refractivity contribution < 1.29 is 8.78 Å². The van der Waals surface area contributed by atoms with Crippen LogP contribution in [0.4, 0.5) is 8.78 Å². The van der Waals surface area contributed by atoms with Crippen LogP contribution < -0.4 is 0 Å². The van der Waals surface area contributed by atoms with E-state index in [1.165, 1.54) is 12.1 Å². The lowest BCUT2D eigenvalue weighted by Gasteiger charge is -1.97. The zero-order chi connectivity index (χ0) is 12.7. The Hall–Kier alpha value is -1.94. The first-order valence-electron chi connectivity index (χ1n) is 5.24. The van der Waals surface area contributed by atoms with E-state index in [0.29, 0.717) is 21.9 Å². The highest BCUT2D eigenvalue weighted by atomic mass is 35.5. The molecule has 0 amide bonds. The molecule has 1 aromatic heterocycles. The highest BCUT2D eigenvalue weighted by molar-refractivity contribution is 6.34. The van der Waals surface area contributed by atoms with E-state index < -0.39 is 11.6 Å². The van der Waals surface area contributed by atoms with Gasteiger partial charge in [-0.25, -0.2) is 13.8 Å². The van der Waals surface area contributed by atoms with Gasteiger partial charge in [-0.05, 0) is 24.3 Å². The number of aromatic amines is 1. The van der Waals surface area contributed by atoms with Crippen molar-refractivity contribution in [2.24, 2.45) is 0 Å². The van der Waals surface area contributed by atoms with Crippen molar-refractivity contribution >= 4 is 22.6 Å². The third-order valence-corrected chi connectivity index (χ3v) is 2.90. The summed E-state index contributed by atoms with van der Waals surface area (Å²) in [6.07, 6.45) is 0. The van der Waals surface area contributed by atoms with Gasteiger partial charge >= 0.3 is 0 Å². The number of benzene rings is 2. The molecule has 5 heteroatoms. The number of imidazole rings is 1. The molecule has 1 heterocycles. The second-order valence-corrected chi connectivity index (χ2v) is 4.29. The molecule has 3 aromatic rings. The maximum Gasteiger partial charge on any atom is 0.138 e. The largest absolute Gasteiger partial charge is 0.338 e. The van der Waals surface area contributed by atoms with E-state index in [1.807, 2.05) is 0 Å². The predicted molar refractivity (Wildman–Crippen MR) is 66.5 cm³/mol. The normalized spacial score (nSPS) is 11.1. The average Bonchev–Trinajstić information content (AvgIpc) is 2.73. The van der Waals surface area contributed by atoms with Gasteiger partial charge in [0.2, 0.25) is 0 Å². The lowest BCUT2D eigenvalue weighted by atomic mass is 10.2. The van der Waals surface area contributed by atoms with E-state index in [0.717, 1.165) is 11.6 Å². The second-order valence-electron chi connectivity index (χ2n) is 3.88. The lowest BCUT2D eigenvalue weighted by Crippen LogP contribution is -1.85. The number of para-hydroxylation sites is 1. The molecule has 0 aliphatic rings. The molecule has 90 valence electrons. The van der Waals surface area contributed by atoms with Crippen molar-refractivity contribution in [1.82, 2.24) is 9.97 Å². The molecular weight excluding hydrogens is 258 g/mol. The van der Waals surface area contributed by atoms with Gasteiger partial charge in [0.1, 0.15) is 23.0 Å². The van der Waals surface area contributed by atoms with Gasteiger partial charge in [-0.3, -0.25) is 0 Å². The maximum absolute atomic E-state index is 13.1. The molecular formula is C13H7ClF2N2. The van der Waals surface area contributed by atoms with Crippen LogP contribution in [0.1, 0.15) is 0 Å². The van der Waals surface area contributed by atoms with E-state index in [2.05, 4.69) is 9.97 Å². The van der Waals surface area contributed by atoms with Crippen molar-refractivity contribution in [2.45, 2.75) is 0 Å². The highest BCUT2D eigenvalue weighted by Crippen LogP contribution is 2.26. The summed E-state index contributed by atoms with van der Waals surface area (Å²) < 4.78 is 26.3. The standard InChI is InChI=1S/C13H7ClF2N2/c14-10-2-1-3-11-12(10)18-13(17-11)7-4-8(15)6-9(16)5-7/h1-6H,(H,17,18). The van der Waals surface area contributed by atoms with Crippen LogP contribution in [0.3, 0.4) is 0 Å². The fraction of sp³-hybridized carbons (Fsp3) is 0. The maximum atomic E-state index is 13.1. The molecule has 2 nitrogen and oxygen atoms in total. The number of hydrogen-bond acceptors (Lipinski definition) is 1. The monoisotopic (exact) mass is 264 g/mol. The zero-order valence-electron chi connectivity index (χ0n) is 9.05. The van der Waals surface area contributed by atoms with Crippen molar-refractivity contribution in [3.8, 4) is 11.4 Å². The molecule has 2 aromatic carbocycles. The number of nitrogens with one attached hydrogen (secondary N) is 1. The van der Waals surface area contributed by atoms with Crippen molar-refractivity contribution in [3.05, 3.63) is 53.1 Å². The minimum atomic E-state index is -0.642. The topological polar surface area (TPSA) is 28.7 Å². The molecule has 0 saturated carbocycles. The van der Waals surface area contributed by atoms with E-state index in [1.54, 1.807) is 18.2 Å². The van der Waals surface area contributed by atoms with E-state index in [9.17, 15) is 8.78 Å². The number of hydrogen-bond donors (Lipinski definition) is 1. The number of halogens is 3. The Labute approximate surface area is 106 Å². The molecule has 0 bridgehead atoms. The molecule has 0 atom stereocenters. The predicted octanol–water partition coefficient (Wildman–Crippen LogP) is 4.16. The molecule has 0 fully saturated rings. The molecule has 0 aliphatic heterocycles. The Morgan fingerprint density at radius 3 is 2.44 bits per heavy atom. The Morgan fingerprint density at radius 1 is 1.06 bits per heavy atom. The summed E-state index contributed by atoms with van der Waals surface area (Å²) in [5.41, 5.74) is 1.65. The third kappa shape index (κ3) is 1.84. The Balaban J connectivity index is 2.22.